The fraction of sp³-hybridized carbons (Fsp3) is 0.692. The number of carbonyl (C=O) groups is 20. The molecule has 0 saturated carbocycles. The van der Waals surface area contributed by atoms with Gasteiger partial charge in [0, 0.05) is 106 Å². The summed E-state index contributed by atoms with van der Waals surface area (Å²) < 4.78 is 0. The van der Waals surface area contributed by atoms with Gasteiger partial charge in [0.05, 0.1) is 43.9 Å². The fourth-order valence-electron chi connectivity index (χ4n) is 15.7. The standard InChI is InChI=1S/C91H143N19O22S4/c1-15-48(10)55-34-69(114)75-50(12)134-42-64-68(113)32-49(11)78(119)102-63(67(112)26-20-18-16-17-19-23-29-92)41-135-51(13)76(90(131)99-59(30-44(2)3)84(125)107-73(46(6)7)88(129)103-64)106-71(116)37-96-82(123)66(104-83(124)58(98-79(55)120)27-28-72(117)118)43-136-52(14)77(91(132)100-60(31-45(4)5)85(126)109-75)110-87(128)65-40-133-39-56(93)80(121)101-62(38-111)81(122)95-36-70(115)97-61(86(127)108-74(47(8)9)89(130)105-65)33-53-35-94-57-25-22-21-24-54(53)57/h21-22,24-25,35,44-52,55-56,58-66,73-77,94,111H,15-20,23,26-34,36-43,92-93H2,1-14H3,(H,95,122)(H,96,123)(H,97,115)(H,98,120)(H,99,131)(H,100,132)(H,101,121)(H,102,119)(H,103,129)(H,104,124)(H,105,130)(H,106,116)(H,107,125)(H,108,127)(H,109,126)(H,110,128)(H,117,118)/t48?,49-,50+,51+,52+,55+,56+,58+,59+,60+,61+,62+,63+,64+,65+,66+,73+,74+,75?,76+,77-/m1/s1. The van der Waals surface area contributed by atoms with Crippen molar-refractivity contribution in [2.45, 2.75) is 300 Å². The zero-order valence-electron chi connectivity index (χ0n) is 80.1. The van der Waals surface area contributed by atoms with Gasteiger partial charge < -0.3 is 112 Å². The van der Waals surface area contributed by atoms with Crippen LogP contribution < -0.4 is 96.5 Å². The number of carboxylic acid groups (broad SMARTS) is 1. The van der Waals surface area contributed by atoms with E-state index in [9.17, 15) is 53.4 Å². The zero-order valence-corrected chi connectivity index (χ0v) is 83.4. The summed E-state index contributed by atoms with van der Waals surface area (Å²) in [6, 6.07) is -17.5. The summed E-state index contributed by atoms with van der Waals surface area (Å²) in [5, 5.41) is 59.9. The monoisotopic (exact) mass is 1980 g/mol. The highest BCUT2D eigenvalue weighted by atomic mass is 32.2. The molecule has 45 heteroatoms. The van der Waals surface area contributed by atoms with Crippen molar-refractivity contribution in [3.05, 3.63) is 36.0 Å². The Hall–Kier alpha value is -9.96. The van der Waals surface area contributed by atoms with E-state index >= 15 is 52.7 Å². The third-order valence-electron chi connectivity index (χ3n) is 24.2. The number of fused-ring (bicyclic) bond motifs is 19. The van der Waals surface area contributed by atoms with Crippen molar-refractivity contribution < 1.29 is 106 Å². The Kier molecular flexibility index (Phi) is 47.9. The maximum atomic E-state index is 16.0. The Morgan fingerprint density at radius 3 is 1.62 bits per heavy atom. The van der Waals surface area contributed by atoms with E-state index in [0.29, 0.717) is 47.6 Å². The molecule has 1 aromatic heterocycles. The van der Waals surface area contributed by atoms with E-state index in [4.69, 9.17) is 11.5 Å². The van der Waals surface area contributed by atoms with Crippen LogP contribution in [0.5, 0.6) is 0 Å². The summed E-state index contributed by atoms with van der Waals surface area (Å²) >= 11 is 3.34. The van der Waals surface area contributed by atoms with E-state index in [0.717, 1.165) is 61.0 Å². The first-order valence-electron chi connectivity index (χ1n) is 46.9. The molecule has 16 amide bonds. The molecule has 6 rings (SSSR count). The lowest BCUT2D eigenvalue weighted by Crippen LogP contribution is -2.62. The van der Waals surface area contributed by atoms with Crippen LogP contribution in [0, 0.1) is 41.4 Å². The number of H-pyrrole nitrogens is 1. The number of para-hydroxylation sites is 1. The number of rotatable bonds is 25. The second-order valence-corrected chi connectivity index (χ2v) is 42.4. The Labute approximate surface area is 810 Å². The predicted octanol–water partition coefficient (Wildman–Crippen LogP) is -1.05. The predicted molar refractivity (Wildman–Crippen MR) is 516 cm³/mol. The lowest BCUT2D eigenvalue weighted by atomic mass is 9.84. The zero-order chi connectivity index (χ0) is 101. The van der Waals surface area contributed by atoms with Crippen molar-refractivity contribution in [2.24, 2.45) is 52.9 Å². The number of thioether (sulfide) groups is 4. The lowest BCUT2D eigenvalue weighted by molar-refractivity contribution is -0.139. The summed E-state index contributed by atoms with van der Waals surface area (Å²) in [6.45, 7) is 20.1. The average molecular weight is 1980 g/mol. The minimum absolute atomic E-state index is 0.00972. The van der Waals surface area contributed by atoms with Crippen LogP contribution in [0.3, 0.4) is 0 Å². The van der Waals surface area contributed by atoms with E-state index in [1.807, 2.05) is 0 Å². The maximum Gasteiger partial charge on any atom is 0.303 e. The third kappa shape index (κ3) is 36.4. The summed E-state index contributed by atoms with van der Waals surface area (Å²) in [7, 11) is 0. The van der Waals surface area contributed by atoms with Crippen molar-refractivity contribution >= 4 is 176 Å². The van der Waals surface area contributed by atoms with Gasteiger partial charge in [0.2, 0.25) is 94.5 Å². The molecule has 4 aliphatic rings. The number of aliphatic carboxylic acids is 1. The van der Waals surface area contributed by atoms with Crippen LogP contribution in [0.15, 0.2) is 30.5 Å². The molecule has 4 aliphatic heterocycles. The van der Waals surface area contributed by atoms with E-state index in [2.05, 4.69) is 90.1 Å². The molecule has 4 saturated heterocycles. The van der Waals surface area contributed by atoms with Crippen LogP contribution >= 0.6 is 47.0 Å². The van der Waals surface area contributed by atoms with Crippen LogP contribution in [0.25, 0.3) is 10.9 Å². The molecule has 758 valence electrons. The number of nitrogens with one attached hydrogen (secondary N) is 17. The molecule has 0 spiro atoms. The Balaban J connectivity index is 1.61. The lowest BCUT2D eigenvalue weighted by Gasteiger charge is -2.32. The summed E-state index contributed by atoms with van der Waals surface area (Å²) in [6.07, 6.45) is 2.95. The molecular formula is C91H143N19O22S4. The normalized spacial score (nSPS) is 28.8. The molecule has 1 aromatic carbocycles. The van der Waals surface area contributed by atoms with E-state index < -0.39 is 322 Å². The molecular weight excluding hydrogens is 1840 g/mol. The van der Waals surface area contributed by atoms with Gasteiger partial charge in [-0.15, -0.1) is 0 Å². The summed E-state index contributed by atoms with van der Waals surface area (Å²) in [5.74, 6) is -27.6. The highest BCUT2D eigenvalue weighted by Gasteiger charge is 2.44. The van der Waals surface area contributed by atoms with E-state index in [1.165, 1.54) is 27.7 Å². The number of ketones is 3. The van der Waals surface area contributed by atoms with Gasteiger partial charge >= 0.3 is 5.97 Å². The number of benzene rings is 1. The van der Waals surface area contributed by atoms with Crippen molar-refractivity contribution in [1.82, 2.24) is 90.1 Å². The van der Waals surface area contributed by atoms with E-state index in [1.54, 1.807) is 99.7 Å². The van der Waals surface area contributed by atoms with Gasteiger partial charge in [0.15, 0.2) is 17.3 Å². The van der Waals surface area contributed by atoms with Crippen LogP contribution in [-0.2, 0) is 102 Å². The molecule has 23 N–H and O–H groups in total. The topological polar surface area (TPSA) is 642 Å². The average Bonchev–Trinajstić information content (AvgIpc) is 1.72. The number of nitrogens with two attached hydrogens (primary N) is 2. The third-order valence-corrected chi connectivity index (χ3v) is 29.3. The minimum atomic E-state index is -1.94. The van der Waals surface area contributed by atoms with Gasteiger partial charge in [0.1, 0.15) is 66.5 Å². The summed E-state index contributed by atoms with van der Waals surface area (Å²) in [5.41, 5.74) is 13.3. The number of aromatic nitrogens is 1. The molecule has 136 heavy (non-hydrogen) atoms. The number of aliphatic hydroxyl groups is 1. The first-order chi connectivity index (χ1) is 64.2. The van der Waals surface area contributed by atoms with Gasteiger partial charge in [-0.25, -0.2) is 0 Å². The molecule has 0 aliphatic carbocycles. The van der Waals surface area contributed by atoms with Crippen LogP contribution in [-0.4, -0.2) is 294 Å². The van der Waals surface area contributed by atoms with E-state index in [-0.39, 0.29) is 49.5 Å². The quantitative estimate of drug-likeness (QED) is 0.0416. The van der Waals surface area contributed by atoms with Crippen molar-refractivity contribution in [2.75, 3.05) is 55.0 Å². The SMILES string of the molecule is CCC(C)[C@@H]1CC(=O)C2NC(=O)[C@H](CC(C)C)NC(=O)[C@H](NC(=O)[C@@H]3CSC[C@H](N)C(=O)N[C@@H](CO)C(=O)NCC(=O)N[C@@H](Cc4c[nH]c5ccccc45)C(=O)N[C@@H](C(C)C)C(=O)N3)[C@H](C)SC[C@H](NC(=O)[C@H](CCC(=O)O)NC1=O)C(=O)NCC(=O)N[C@@H]1C(=O)N[C@@H](CC(C)C)C(=O)N[C@@H](C(C)C)C(=O)N[C@@H](CS[C@H]2C)C(=O)C[C@@H](C)C(=O)N[C@H](C(=O)CCCCCCCCN)CS[C@H]1C. The van der Waals surface area contributed by atoms with Crippen LogP contribution in [0.4, 0.5) is 0 Å². The number of carboxylic acids is 1. The summed E-state index contributed by atoms with van der Waals surface area (Å²) in [4.78, 5) is 301. The molecule has 2 aromatic rings. The molecule has 4 fully saturated rings. The second kappa shape index (κ2) is 56.8. The Morgan fingerprint density at radius 2 is 1.01 bits per heavy atom. The van der Waals surface area contributed by atoms with Crippen LogP contribution in [0.1, 0.15) is 192 Å². The first-order valence-corrected chi connectivity index (χ1v) is 51.2. The number of amides is 16. The largest absolute Gasteiger partial charge is 0.481 e. The molecule has 41 nitrogen and oxygen atoms in total. The molecule has 0 radical (unpaired) electrons. The Morgan fingerprint density at radius 1 is 0.478 bits per heavy atom. The number of aliphatic hydroxyl groups excluding tert-OH is 1. The van der Waals surface area contributed by atoms with Crippen molar-refractivity contribution in [3.8, 4) is 0 Å². The fourth-order valence-corrected chi connectivity index (χ4v) is 20.2. The maximum absolute atomic E-state index is 16.0. The number of hydrogen-bond donors (Lipinski definition) is 21. The minimum Gasteiger partial charge on any atom is -0.481 e. The van der Waals surface area contributed by atoms with Crippen molar-refractivity contribution in [1.29, 1.82) is 0 Å². The first kappa shape index (κ1) is 115. The number of Topliss-reactive ketones (excluding diaryl/α,β-unsaturated/α-hetero) is 3. The highest BCUT2D eigenvalue weighted by Crippen LogP contribution is 2.29. The number of carbonyl (C=O) groups excluding carboxylic acids is 19. The molecule has 5 heterocycles. The van der Waals surface area contributed by atoms with Gasteiger partial charge in [-0.2, -0.15) is 47.0 Å². The highest BCUT2D eigenvalue weighted by molar-refractivity contribution is 8.00. The van der Waals surface area contributed by atoms with Gasteiger partial charge in [-0.3, -0.25) is 95.9 Å². The molecule has 21 atom stereocenters. The number of aromatic amines is 1. The number of hydrogen-bond acceptors (Lipinski definition) is 27. The number of unbranched alkanes of at least 4 members (excludes halogenated alkanes) is 5. The molecule has 4 bridgehead atoms. The molecule has 2 unspecified atom stereocenters. The van der Waals surface area contributed by atoms with Gasteiger partial charge in [0.25, 0.3) is 0 Å². The second-order valence-electron chi connectivity index (χ2n) is 37.1. The van der Waals surface area contributed by atoms with Crippen molar-refractivity contribution in [3.63, 3.8) is 0 Å². The Bertz CT molecular complexity index is 4520. The van der Waals surface area contributed by atoms with Gasteiger partial charge in [-0.05, 0) is 79.9 Å². The van der Waals surface area contributed by atoms with Gasteiger partial charge in [-0.1, -0.05) is 147 Å². The smallest absolute Gasteiger partial charge is 0.303 e. The van der Waals surface area contributed by atoms with Crippen LogP contribution in [0.2, 0.25) is 0 Å².